The van der Waals surface area contributed by atoms with Crippen molar-refractivity contribution in [1.82, 2.24) is 14.7 Å². The van der Waals surface area contributed by atoms with Crippen LogP contribution in [0.25, 0.3) is 10.9 Å². The fraction of sp³-hybridized carbons (Fsp3) is 0.556. The van der Waals surface area contributed by atoms with E-state index >= 15 is 0 Å². The van der Waals surface area contributed by atoms with Gasteiger partial charge in [-0.15, -0.1) is 0 Å². The van der Waals surface area contributed by atoms with Crippen molar-refractivity contribution in [2.24, 2.45) is 5.92 Å². The molecule has 1 saturated heterocycles. The van der Waals surface area contributed by atoms with Crippen molar-refractivity contribution >= 4 is 22.6 Å². The van der Waals surface area contributed by atoms with E-state index in [9.17, 15) is 9.90 Å². The third-order valence-corrected chi connectivity index (χ3v) is 4.87. The summed E-state index contributed by atoms with van der Waals surface area (Å²) in [5.74, 6) is 0.321. The zero-order valence-electron chi connectivity index (χ0n) is 14.6. The molecule has 6 heteroatoms. The van der Waals surface area contributed by atoms with Crippen molar-refractivity contribution in [3.05, 3.63) is 24.4 Å². The summed E-state index contributed by atoms with van der Waals surface area (Å²) in [4.78, 5) is 14.4. The van der Waals surface area contributed by atoms with Gasteiger partial charge in [-0.1, -0.05) is 6.92 Å². The molecule has 1 aromatic carbocycles. The standard InChI is InChI=1S/C18H26N4O2/c1-12(2)22-10-14-9-15(6-7-16(14)20-22)19-18(24)21-8-4-5-13(3)17(21)11-23/h6-7,9-10,12-13,17,23H,4-5,8,11H2,1-3H3,(H,19,24)/t13-,17+/m1/s1. The molecule has 0 bridgehead atoms. The molecular weight excluding hydrogens is 304 g/mol. The minimum atomic E-state index is -0.142. The van der Waals surface area contributed by atoms with Gasteiger partial charge in [0, 0.05) is 29.9 Å². The molecule has 3 rings (SSSR count). The van der Waals surface area contributed by atoms with Crippen LogP contribution in [0.3, 0.4) is 0 Å². The Kier molecular flexibility index (Phi) is 4.76. The van der Waals surface area contributed by atoms with Gasteiger partial charge in [0.05, 0.1) is 18.2 Å². The van der Waals surface area contributed by atoms with Crippen molar-refractivity contribution in [2.45, 2.75) is 45.7 Å². The maximum atomic E-state index is 12.6. The molecule has 1 fully saturated rings. The lowest BCUT2D eigenvalue weighted by atomic mass is 9.91. The second-order valence-corrected chi connectivity index (χ2v) is 6.97. The van der Waals surface area contributed by atoms with Gasteiger partial charge < -0.3 is 15.3 Å². The number of rotatable bonds is 3. The molecule has 2 N–H and O–H groups in total. The van der Waals surface area contributed by atoms with Gasteiger partial charge in [-0.2, -0.15) is 5.10 Å². The van der Waals surface area contributed by atoms with Crippen LogP contribution < -0.4 is 5.32 Å². The topological polar surface area (TPSA) is 70.4 Å². The molecule has 2 aromatic rings. The zero-order chi connectivity index (χ0) is 17.3. The Labute approximate surface area is 142 Å². The van der Waals surface area contributed by atoms with Crippen LogP contribution in [0.5, 0.6) is 0 Å². The number of carbonyl (C=O) groups is 1. The predicted molar refractivity (Wildman–Crippen MR) is 95.1 cm³/mol. The number of nitrogens with one attached hydrogen (secondary N) is 1. The Morgan fingerprint density at radius 2 is 2.25 bits per heavy atom. The fourth-order valence-corrected chi connectivity index (χ4v) is 3.36. The molecule has 130 valence electrons. The van der Waals surface area contributed by atoms with Crippen molar-refractivity contribution in [2.75, 3.05) is 18.5 Å². The summed E-state index contributed by atoms with van der Waals surface area (Å²) < 4.78 is 1.92. The van der Waals surface area contributed by atoms with Crippen LogP contribution in [0.1, 0.15) is 39.7 Å². The number of carbonyl (C=O) groups excluding carboxylic acids is 1. The van der Waals surface area contributed by atoms with Crippen LogP contribution in [0.2, 0.25) is 0 Å². The van der Waals surface area contributed by atoms with E-state index in [1.807, 2.05) is 29.1 Å². The maximum Gasteiger partial charge on any atom is 0.322 e. The molecule has 0 unspecified atom stereocenters. The summed E-state index contributed by atoms with van der Waals surface area (Å²) in [6.45, 7) is 6.96. The number of benzene rings is 1. The highest BCUT2D eigenvalue weighted by molar-refractivity contribution is 5.92. The summed E-state index contributed by atoms with van der Waals surface area (Å²) in [6, 6.07) is 5.80. The SMILES string of the molecule is CC(C)n1cc2cc(NC(=O)N3CCC[C@@H](C)[C@@H]3CO)ccc2n1. The number of anilines is 1. The molecule has 1 aromatic heterocycles. The second-order valence-electron chi connectivity index (χ2n) is 6.97. The van der Waals surface area contributed by atoms with E-state index in [2.05, 4.69) is 31.2 Å². The summed E-state index contributed by atoms with van der Waals surface area (Å²) in [7, 11) is 0. The van der Waals surface area contributed by atoms with E-state index in [4.69, 9.17) is 0 Å². The number of hydrogen-bond donors (Lipinski definition) is 2. The Hall–Kier alpha value is -2.08. The highest BCUT2D eigenvalue weighted by Crippen LogP contribution is 2.25. The lowest BCUT2D eigenvalue weighted by Gasteiger charge is -2.38. The predicted octanol–water partition coefficient (Wildman–Crippen LogP) is 3.24. The fourth-order valence-electron chi connectivity index (χ4n) is 3.36. The number of aromatic nitrogens is 2. The molecule has 0 saturated carbocycles. The molecule has 2 heterocycles. The van der Waals surface area contributed by atoms with Gasteiger partial charge in [-0.25, -0.2) is 4.79 Å². The van der Waals surface area contributed by atoms with Gasteiger partial charge >= 0.3 is 6.03 Å². The molecule has 6 nitrogen and oxygen atoms in total. The molecule has 2 amide bonds. The van der Waals surface area contributed by atoms with Gasteiger partial charge in [-0.3, -0.25) is 4.68 Å². The Balaban J connectivity index is 1.77. The van der Waals surface area contributed by atoms with E-state index < -0.39 is 0 Å². The van der Waals surface area contributed by atoms with Gasteiger partial charge in [0.2, 0.25) is 0 Å². The van der Waals surface area contributed by atoms with Crippen LogP contribution in [0, 0.1) is 5.92 Å². The molecule has 2 atom stereocenters. The third-order valence-electron chi connectivity index (χ3n) is 4.87. The first-order chi connectivity index (χ1) is 11.5. The largest absolute Gasteiger partial charge is 0.394 e. The van der Waals surface area contributed by atoms with Gasteiger partial charge in [-0.05, 0) is 50.8 Å². The summed E-state index contributed by atoms with van der Waals surface area (Å²) in [6.07, 6.45) is 4.02. The highest BCUT2D eigenvalue weighted by Gasteiger charge is 2.31. The number of piperidine rings is 1. The Bertz CT molecular complexity index is 725. The number of amides is 2. The van der Waals surface area contributed by atoms with E-state index in [0.717, 1.165) is 29.4 Å². The number of likely N-dealkylation sites (tertiary alicyclic amines) is 1. The van der Waals surface area contributed by atoms with Crippen molar-refractivity contribution < 1.29 is 9.90 Å². The van der Waals surface area contributed by atoms with E-state index in [0.29, 0.717) is 18.5 Å². The number of aliphatic hydroxyl groups is 1. The smallest absolute Gasteiger partial charge is 0.322 e. The lowest BCUT2D eigenvalue weighted by Crippen LogP contribution is -2.51. The highest BCUT2D eigenvalue weighted by atomic mass is 16.3. The first-order valence-corrected chi connectivity index (χ1v) is 8.67. The van der Waals surface area contributed by atoms with Gasteiger partial charge in [0.15, 0.2) is 0 Å². The molecule has 0 spiro atoms. The number of fused-ring (bicyclic) bond motifs is 1. The first-order valence-electron chi connectivity index (χ1n) is 8.67. The van der Waals surface area contributed by atoms with Crippen molar-refractivity contribution in [3.8, 4) is 0 Å². The maximum absolute atomic E-state index is 12.6. The Morgan fingerprint density at radius 3 is 2.96 bits per heavy atom. The summed E-state index contributed by atoms with van der Waals surface area (Å²) in [5, 5.41) is 18.1. The minimum absolute atomic E-state index is 0.00871. The van der Waals surface area contributed by atoms with Crippen LogP contribution in [0.4, 0.5) is 10.5 Å². The molecular formula is C18H26N4O2. The molecule has 0 radical (unpaired) electrons. The summed E-state index contributed by atoms with van der Waals surface area (Å²) in [5.41, 5.74) is 1.67. The molecule has 0 aliphatic carbocycles. The third kappa shape index (κ3) is 3.24. The van der Waals surface area contributed by atoms with Crippen LogP contribution in [0.15, 0.2) is 24.4 Å². The van der Waals surface area contributed by atoms with Crippen LogP contribution in [-0.2, 0) is 0 Å². The van der Waals surface area contributed by atoms with E-state index in [-0.39, 0.29) is 18.7 Å². The molecule has 24 heavy (non-hydrogen) atoms. The number of urea groups is 1. The number of aliphatic hydroxyl groups excluding tert-OH is 1. The van der Waals surface area contributed by atoms with Gasteiger partial charge in [0.25, 0.3) is 0 Å². The lowest BCUT2D eigenvalue weighted by molar-refractivity contribution is 0.0811. The normalized spacial score (nSPS) is 21.5. The average Bonchev–Trinajstić information content (AvgIpc) is 2.98. The van der Waals surface area contributed by atoms with E-state index in [1.165, 1.54) is 0 Å². The van der Waals surface area contributed by atoms with Crippen molar-refractivity contribution in [3.63, 3.8) is 0 Å². The van der Waals surface area contributed by atoms with Crippen LogP contribution >= 0.6 is 0 Å². The summed E-state index contributed by atoms with van der Waals surface area (Å²) >= 11 is 0. The Morgan fingerprint density at radius 1 is 1.46 bits per heavy atom. The van der Waals surface area contributed by atoms with E-state index in [1.54, 1.807) is 4.90 Å². The quantitative estimate of drug-likeness (QED) is 0.907. The number of nitrogens with zero attached hydrogens (tertiary/aromatic N) is 3. The first kappa shape index (κ1) is 16.8. The minimum Gasteiger partial charge on any atom is -0.394 e. The van der Waals surface area contributed by atoms with Gasteiger partial charge in [0.1, 0.15) is 0 Å². The zero-order valence-corrected chi connectivity index (χ0v) is 14.6. The molecule has 1 aliphatic rings. The van der Waals surface area contributed by atoms with Crippen LogP contribution in [-0.4, -0.2) is 45.0 Å². The van der Waals surface area contributed by atoms with Crippen molar-refractivity contribution in [1.29, 1.82) is 0 Å². The average molecular weight is 330 g/mol. The second kappa shape index (κ2) is 6.81. The number of hydrogen-bond acceptors (Lipinski definition) is 3. The molecule has 1 aliphatic heterocycles. The monoisotopic (exact) mass is 330 g/mol.